The van der Waals surface area contributed by atoms with E-state index in [-0.39, 0.29) is 5.97 Å². The molecule has 0 saturated carbocycles. The van der Waals surface area contributed by atoms with Crippen molar-refractivity contribution >= 4 is 28.0 Å². The molecule has 0 aliphatic rings. The molecule has 0 aliphatic carbocycles. The Kier molecular flexibility index (Phi) is 4.30. The van der Waals surface area contributed by atoms with Crippen molar-refractivity contribution in [3.63, 3.8) is 0 Å². The van der Waals surface area contributed by atoms with Crippen LogP contribution in [0.15, 0.2) is 11.5 Å². The summed E-state index contributed by atoms with van der Waals surface area (Å²) in [6, 6.07) is 0. The fourth-order valence-electron chi connectivity index (χ4n) is 1.05. The first-order chi connectivity index (χ1) is 7.19. The zero-order chi connectivity index (χ0) is 11.3. The van der Waals surface area contributed by atoms with Crippen LogP contribution in [0.5, 0.6) is 0 Å². The summed E-state index contributed by atoms with van der Waals surface area (Å²) in [4.78, 5) is 15.6. The van der Waals surface area contributed by atoms with Crippen LogP contribution >= 0.6 is 11.3 Å². The fourth-order valence-corrected chi connectivity index (χ4v) is 1.62. The molecule has 82 valence electrons. The number of nitrogens with two attached hydrogens (primary N) is 1. The lowest BCUT2D eigenvalue weighted by atomic mass is 10.2. The van der Waals surface area contributed by atoms with E-state index in [9.17, 15) is 4.79 Å². The third-order valence-corrected chi connectivity index (χ3v) is 2.42. The van der Waals surface area contributed by atoms with Crippen molar-refractivity contribution in [1.82, 2.24) is 4.98 Å². The largest absolute Gasteiger partial charge is 0.462 e. The zero-order valence-electron chi connectivity index (χ0n) is 8.82. The lowest BCUT2D eigenvalue weighted by Crippen LogP contribution is -2.08. The minimum absolute atomic E-state index is 0.343. The molecule has 2 N–H and O–H groups in total. The molecular weight excluding hydrogens is 212 g/mol. The minimum Gasteiger partial charge on any atom is -0.462 e. The molecule has 0 amide bonds. The molecule has 0 aliphatic heterocycles. The Morgan fingerprint density at radius 3 is 2.93 bits per heavy atom. The molecule has 0 saturated heterocycles. The normalized spacial score (nSPS) is 11.5. The third-order valence-electron chi connectivity index (χ3n) is 1.74. The van der Waals surface area contributed by atoms with Gasteiger partial charge in [0.25, 0.3) is 0 Å². The second kappa shape index (κ2) is 5.50. The molecule has 1 heterocycles. The Bertz CT molecular complexity index is 371. The lowest BCUT2D eigenvalue weighted by Gasteiger charge is -2.04. The van der Waals surface area contributed by atoms with E-state index in [1.807, 2.05) is 6.92 Å². The topological polar surface area (TPSA) is 65.2 Å². The maximum absolute atomic E-state index is 11.6. The first kappa shape index (κ1) is 11.7. The van der Waals surface area contributed by atoms with Crippen LogP contribution in [0, 0.1) is 0 Å². The van der Waals surface area contributed by atoms with Gasteiger partial charge in [-0.2, -0.15) is 0 Å². The number of nitrogen functional groups attached to an aromatic ring is 1. The highest BCUT2D eigenvalue weighted by atomic mass is 32.1. The van der Waals surface area contributed by atoms with Gasteiger partial charge in [-0.25, -0.2) is 9.78 Å². The van der Waals surface area contributed by atoms with Crippen molar-refractivity contribution in [3.8, 4) is 0 Å². The molecule has 5 heteroatoms. The van der Waals surface area contributed by atoms with E-state index in [4.69, 9.17) is 10.5 Å². The molecule has 0 radical (unpaired) electrons. The Balaban J connectivity index is 2.77. The Morgan fingerprint density at radius 1 is 1.73 bits per heavy atom. The number of nitrogens with zero attached hydrogens (tertiary/aromatic N) is 1. The average molecular weight is 226 g/mol. The van der Waals surface area contributed by atoms with Gasteiger partial charge in [0.2, 0.25) is 0 Å². The standard InChI is InChI=1S/C10H14N2O2S/c1-3-5-14-9(13)7(4-2)8-6-15-10(11)12-8/h4,6H,3,5H2,1-2H3,(H2,11,12)/b7-4-. The first-order valence-electron chi connectivity index (χ1n) is 4.73. The number of anilines is 1. The summed E-state index contributed by atoms with van der Waals surface area (Å²) >= 11 is 1.31. The highest BCUT2D eigenvalue weighted by Gasteiger charge is 2.14. The molecule has 0 fully saturated rings. The number of carbonyl (C=O) groups is 1. The van der Waals surface area contributed by atoms with Gasteiger partial charge in [-0.05, 0) is 13.3 Å². The van der Waals surface area contributed by atoms with Crippen LogP contribution in [0.25, 0.3) is 5.57 Å². The number of rotatable bonds is 4. The third kappa shape index (κ3) is 3.06. The number of carbonyl (C=O) groups excluding carboxylic acids is 1. The van der Waals surface area contributed by atoms with Gasteiger partial charge < -0.3 is 10.5 Å². The number of ether oxygens (including phenoxy) is 1. The highest BCUT2D eigenvalue weighted by molar-refractivity contribution is 7.13. The van der Waals surface area contributed by atoms with Crippen molar-refractivity contribution in [3.05, 3.63) is 17.2 Å². The molecule has 0 atom stereocenters. The number of esters is 1. The van der Waals surface area contributed by atoms with Crippen LogP contribution in [-0.2, 0) is 9.53 Å². The molecule has 0 bridgehead atoms. The summed E-state index contributed by atoms with van der Waals surface area (Å²) in [6.07, 6.45) is 2.49. The predicted octanol–water partition coefficient (Wildman–Crippen LogP) is 2.08. The van der Waals surface area contributed by atoms with E-state index in [0.717, 1.165) is 6.42 Å². The Labute approximate surface area is 92.8 Å². The summed E-state index contributed by atoms with van der Waals surface area (Å²) < 4.78 is 5.02. The number of allylic oxidation sites excluding steroid dienone is 1. The molecule has 0 spiro atoms. The second-order valence-corrected chi connectivity index (χ2v) is 3.80. The van der Waals surface area contributed by atoms with Crippen molar-refractivity contribution in [2.24, 2.45) is 0 Å². The summed E-state index contributed by atoms with van der Waals surface area (Å²) in [5, 5.41) is 2.20. The maximum atomic E-state index is 11.6. The van der Waals surface area contributed by atoms with Gasteiger partial charge in [0.15, 0.2) is 5.13 Å². The zero-order valence-corrected chi connectivity index (χ0v) is 9.63. The molecule has 0 unspecified atom stereocenters. The maximum Gasteiger partial charge on any atom is 0.340 e. The first-order valence-corrected chi connectivity index (χ1v) is 5.61. The van der Waals surface area contributed by atoms with E-state index >= 15 is 0 Å². The van der Waals surface area contributed by atoms with E-state index in [0.29, 0.717) is 23.0 Å². The Hall–Kier alpha value is -1.36. The van der Waals surface area contributed by atoms with Crippen LogP contribution in [0.4, 0.5) is 5.13 Å². The van der Waals surface area contributed by atoms with Crippen LogP contribution in [0.3, 0.4) is 0 Å². The van der Waals surface area contributed by atoms with Gasteiger partial charge in [0, 0.05) is 5.38 Å². The van der Waals surface area contributed by atoms with Crippen LogP contribution in [-0.4, -0.2) is 17.6 Å². The van der Waals surface area contributed by atoms with Gasteiger partial charge >= 0.3 is 5.97 Å². The quantitative estimate of drug-likeness (QED) is 0.630. The summed E-state index contributed by atoms with van der Waals surface area (Å²) in [5.41, 5.74) is 6.55. The number of thiazole rings is 1. The molecule has 0 aromatic carbocycles. The fraction of sp³-hybridized carbons (Fsp3) is 0.400. The average Bonchev–Trinajstić information content (AvgIpc) is 2.63. The summed E-state index contributed by atoms with van der Waals surface area (Å²) in [5.74, 6) is -0.343. The SMILES string of the molecule is C/C=C(\C(=O)OCCC)c1csc(N)n1. The molecule has 1 aromatic heterocycles. The van der Waals surface area contributed by atoms with Crippen LogP contribution in [0.1, 0.15) is 26.0 Å². The Morgan fingerprint density at radius 2 is 2.47 bits per heavy atom. The molecule has 1 aromatic rings. The van der Waals surface area contributed by atoms with Crippen molar-refractivity contribution in [1.29, 1.82) is 0 Å². The van der Waals surface area contributed by atoms with E-state index in [1.54, 1.807) is 18.4 Å². The molecular formula is C10H14N2O2S. The number of hydrogen-bond acceptors (Lipinski definition) is 5. The molecule has 4 nitrogen and oxygen atoms in total. The monoisotopic (exact) mass is 226 g/mol. The van der Waals surface area contributed by atoms with E-state index in [2.05, 4.69) is 4.98 Å². The molecule has 1 rings (SSSR count). The lowest BCUT2D eigenvalue weighted by molar-refractivity contribution is -0.136. The highest BCUT2D eigenvalue weighted by Crippen LogP contribution is 2.20. The van der Waals surface area contributed by atoms with Crippen LogP contribution < -0.4 is 5.73 Å². The summed E-state index contributed by atoms with van der Waals surface area (Å²) in [7, 11) is 0. The van der Waals surface area contributed by atoms with E-state index < -0.39 is 0 Å². The van der Waals surface area contributed by atoms with Crippen molar-refractivity contribution in [2.75, 3.05) is 12.3 Å². The van der Waals surface area contributed by atoms with Gasteiger partial charge in [-0.1, -0.05) is 13.0 Å². The van der Waals surface area contributed by atoms with Crippen LogP contribution in [0.2, 0.25) is 0 Å². The van der Waals surface area contributed by atoms with Crippen molar-refractivity contribution in [2.45, 2.75) is 20.3 Å². The predicted molar refractivity (Wildman–Crippen MR) is 61.4 cm³/mol. The van der Waals surface area contributed by atoms with Gasteiger partial charge in [0.05, 0.1) is 17.9 Å². The van der Waals surface area contributed by atoms with Gasteiger partial charge in [-0.3, -0.25) is 0 Å². The molecule has 15 heavy (non-hydrogen) atoms. The van der Waals surface area contributed by atoms with Gasteiger partial charge in [-0.15, -0.1) is 11.3 Å². The van der Waals surface area contributed by atoms with Crippen molar-refractivity contribution < 1.29 is 9.53 Å². The second-order valence-electron chi connectivity index (χ2n) is 2.91. The smallest absolute Gasteiger partial charge is 0.340 e. The summed E-state index contributed by atoms with van der Waals surface area (Å²) in [6.45, 7) is 4.15. The number of hydrogen-bond donors (Lipinski definition) is 1. The van der Waals surface area contributed by atoms with E-state index in [1.165, 1.54) is 11.3 Å². The minimum atomic E-state index is -0.343. The number of aromatic nitrogens is 1. The van der Waals surface area contributed by atoms with Gasteiger partial charge in [0.1, 0.15) is 0 Å².